The first-order valence-electron chi connectivity index (χ1n) is 11.0. The smallest absolute Gasteiger partial charge is 0.229 e. The van der Waals surface area contributed by atoms with Crippen LogP contribution in [0, 0.1) is 0 Å². The molecular formula is C24H26ClN7O. The van der Waals surface area contributed by atoms with E-state index in [1.807, 2.05) is 53.2 Å². The molecule has 1 aliphatic heterocycles. The van der Waals surface area contributed by atoms with Gasteiger partial charge in [0.25, 0.3) is 0 Å². The van der Waals surface area contributed by atoms with Crippen molar-refractivity contribution >= 4 is 40.0 Å². The van der Waals surface area contributed by atoms with E-state index in [4.69, 9.17) is 16.6 Å². The maximum Gasteiger partial charge on any atom is 0.229 e. The van der Waals surface area contributed by atoms with Gasteiger partial charge in [-0.2, -0.15) is 4.98 Å². The normalized spacial score (nSPS) is 14.6. The molecule has 0 radical (unpaired) electrons. The average molecular weight is 464 g/mol. The number of nitrogens with zero attached hydrogens (tertiary/aromatic N) is 5. The summed E-state index contributed by atoms with van der Waals surface area (Å²) < 4.78 is 1.89. The van der Waals surface area contributed by atoms with Crippen LogP contribution in [0.4, 0.5) is 17.3 Å². The van der Waals surface area contributed by atoms with Crippen molar-refractivity contribution in [3.05, 3.63) is 65.6 Å². The number of rotatable bonds is 5. The van der Waals surface area contributed by atoms with Crippen molar-refractivity contribution in [2.45, 2.75) is 19.4 Å². The first kappa shape index (κ1) is 21.6. The zero-order valence-electron chi connectivity index (χ0n) is 18.6. The number of benzene rings is 1. The van der Waals surface area contributed by atoms with Crippen LogP contribution < -0.4 is 15.5 Å². The summed E-state index contributed by atoms with van der Waals surface area (Å²) in [4.78, 5) is 16.1. The van der Waals surface area contributed by atoms with Crippen LogP contribution in [0.25, 0.3) is 16.9 Å². The maximum atomic E-state index is 10.3. The molecule has 170 valence electrons. The molecule has 1 aliphatic rings. The highest BCUT2D eigenvalue weighted by Crippen LogP contribution is 2.30. The van der Waals surface area contributed by atoms with Gasteiger partial charge in [-0.1, -0.05) is 17.7 Å². The molecule has 0 spiro atoms. The monoisotopic (exact) mass is 463 g/mol. The van der Waals surface area contributed by atoms with E-state index in [0.717, 1.165) is 48.6 Å². The zero-order chi connectivity index (χ0) is 23.0. The van der Waals surface area contributed by atoms with Gasteiger partial charge in [0.1, 0.15) is 11.4 Å². The van der Waals surface area contributed by atoms with E-state index in [1.165, 1.54) is 0 Å². The summed E-state index contributed by atoms with van der Waals surface area (Å²) in [5, 5.41) is 18.5. The number of aromatic nitrogens is 4. The molecule has 9 heteroatoms. The highest BCUT2D eigenvalue weighted by atomic mass is 35.5. The van der Waals surface area contributed by atoms with Gasteiger partial charge in [-0.15, -0.1) is 0 Å². The van der Waals surface area contributed by atoms with Crippen LogP contribution in [0.5, 0.6) is 0 Å². The second-order valence-corrected chi connectivity index (χ2v) is 9.03. The molecule has 0 aliphatic carbocycles. The molecule has 1 saturated heterocycles. The van der Waals surface area contributed by atoms with Crippen molar-refractivity contribution < 1.29 is 5.11 Å². The van der Waals surface area contributed by atoms with Crippen LogP contribution in [0.2, 0.25) is 5.02 Å². The third-order valence-electron chi connectivity index (χ3n) is 5.70. The Kier molecular flexibility index (Phi) is 5.65. The number of halogens is 1. The standard InChI is InChI=1S/C24H26ClN7O/c1-24(2,33)20-4-3-5-21(29-20)32-11-8-16-15-27-23(30-22(16)32)28-17-6-7-19(18(25)14-17)31-12-9-26-10-13-31/h3-8,11,14-15,26,33H,9-10,12-13H2,1-2H3,(H,27,28,30). The van der Waals surface area contributed by atoms with Crippen LogP contribution in [0.1, 0.15) is 19.5 Å². The lowest BCUT2D eigenvalue weighted by Crippen LogP contribution is -2.43. The van der Waals surface area contributed by atoms with E-state index in [0.29, 0.717) is 22.5 Å². The third kappa shape index (κ3) is 4.50. The Bertz CT molecular complexity index is 1290. The molecule has 1 fully saturated rings. The molecule has 0 amide bonds. The Labute approximate surface area is 197 Å². The number of hydrogen-bond donors (Lipinski definition) is 3. The number of aliphatic hydroxyl groups is 1. The molecule has 0 unspecified atom stereocenters. The van der Waals surface area contributed by atoms with E-state index in [1.54, 1.807) is 20.0 Å². The Morgan fingerprint density at radius 3 is 2.67 bits per heavy atom. The van der Waals surface area contributed by atoms with Crippen LogP contribution in [0.3, 0.4) is 0 Å². The molecule has 8 nitrogen and oxygen atoms in total. The Balaban J connectivity index is 1.43. The lowest BCUT2D eigenvalue weighted by atomic mass is 10.1. The number of fused-ring (bicyclic) bond motifs is 1. The van der Waals surface area contributed by atoms with E-state index < -0.39 is 5.60 Å². The zero-order valence-corrected chi connectivity index (χ0v) is 19.3. The quantitative estimate of drug-likeness (QED) is 0.414. The van der Waals surface area contributed by atoms with E-state index in [9.17, 15) is 5.11 Å². The minimum Gasteiger partial charge on any atom is -0.384 e. The number of hydrogen-bond acceptors (Lipinski definition) is 7. The Hall–Kier alpha value is -3.20. The molecule has 3 aromatic heterocycles. The van der Waals surface area contributed by atoms with Gasteiger partial charge in [0, 0.05) is 49.6 Å². The number of pyridine rings is 1. The second-order valence-electron chi connectivity index (χ2n) is 8.63. The summed E-state index contributed by atoms with van der Waals surface area (Å²) in [7, 11) is 0. The molecule has 1 aromatic carbocycles. The Morgan fingerprint density at radius 1 is 1.09 bits per heavy atom. The van der Waals surface area contributed by atoms with Crippen molar-refractivity contribution in [1.29, 1.82) is 0 Å². The summed E-state index contributed by atoms with van der Waals surface area (Å²) in [6, 6.07) is 13.4. The van der Waals surface area contributed by atoms with Gasteiger partial charge in [0.15, 0.2) is 5.65 Å². The minimum absolute atomic E-state index is 0.465. The number of piperazine rings is 1. The molecule has 0 bridgehead atoms. The highest BCUT2D eigenvalue weighted by Gasteiger charge is 2.19. The van der Waals surface area contributed by atoms with Crippen LogP contribution in [-0.4, -0.2) is 50.8 Å². The van der Waals surface area contributed by atoms with Crippen molar-refractivity contribution in [3.63, 3.8) is 0 Å². The summed E-state index contributed by atoms with van der Waals surface area (Å²) in [5.41, 5.74) is 2.13. The van der Waals surface area contributed by atoms with Gasteiger partial charge in [-0.05, 0) is 50.2 Å². The molecule has 4 aromatic rings. The molecule has 0 atom stereocenters. The average Bonchev–Trinajstić information content (AvgIpc) is 3.23. The van der Waals surface area contributed by atoms with Crippen molar-refractivity contribution in [2.75, 3.05) is 36.4 Å². The van der Waals surface area contributed by atoms with Gasteiger partial charge in [-0.3, -0.25) is 4.57 Å². The fourth-order valence-corrected chi connectivity index (χ4v) is 4.24. The lowest BCUT2D eigenvalue weighted by Gasteiger charge is -2.30. The summed E-state index contributed by atoms with van der Waals surface area (Å²) in [6.45, 7) is 7.22. The SMILES string of the molecule is CC(C)(O)c1cccc(-n2ccc3cnc(Nc4ccc(N5CCNCC5)c(Cl)c4)nc32)n1. The van der Waals surface area contributed by atoms with Gasteiger partial charge in [-0.25, -0.2) is 9.97 Å². The second kappa shape index (κ2) is 8.62. The van der Waals surface area contributed by atoms with E-state index in [2.05, 4.69) is 25.5 Å². The van der Waals surface area contributed by atoms with Crippen LogP contribution in [-0.2, 0) is 5.60 Å². The fraction of sp³-hybridized carbons (Fsp3) is 0.292. The van der Waals surface area contributed by atoms with Gasteiger partial charge in [0.05, 0.1) is 16.4 Å². The molecule has 5 rings (SSSR count). The topological polar surface area (TPSA) is 91.1 Å². The first-order chi connectivity index (χ1) is 15.9. The minimum atomic E-state index is -1.03. The van der Waals surface area contributed by atoms with Gasteiger partial charge in [0.2, 0.25) is 5.95 Å². The lowest BCUT2D eigenvalue weighted by molar-refractivity contribution is 0.0738. The molecule has 4 heterocycles. The van der Waals surface area contributed by atoms with E-state index >= 15 is 0 Å². The van der Waals surface area contributed by atoms with Gasteiger partial charge >= 0.3 is 0 Å². The highest BCUT2D eigenvalue weighted by molar-refractivity contribution is 6.33. The summed E-state index contributed by atoms with van der Waals surface area (Å²) >= 11 is 6.59. The molecular weight excluding hydrogens is 438 g/mol. The maximum absolute atomic E-state index is 10.3. The van der Waals surface area contributed by atoms with Crippen LogP contribution >= 0.6 is 11.6 Å². The molecule has 33 heavy (non-hydrogen) atoms. The van der Waals surface area contributed by atoms with Crippen molar-refractivity contribution in [3.8, 4) is 5.82 Å². The number of nitrogens with one attached hydrogen (secondary N) is 2. The predicted molar refractivity (Wildman–Crippen MR) is 132 cm³/mol. The number of anilines is 3. The summed E-state index contributed by atoms with van der Waals surface area (Å²) in [6.07, 6.45) is 3.68. The first-order valence-corrected chi connectivity index (χ1v) is 11.3. The van der Waals surface area contributed by atoms with Crippen LogP contribution in [0.15, 0.2) is 54.9 Å². The van der Waals surface area contributed by atoms with Crippen molar-refractivity contribution in [1.82, 2.24) is 24.8 Å². The Morgan fingerprint density at radius 2 is 1.91 bits per heavy atom. The molecule has 0 saturated carbocycles. The van der Waals surface area contributed by atoms with Gasteiger partial charge < -0.3 is 20.6 Å². The molecule has 3 N–H and O–H groups in total. The van der Waals surface area contributed by atoms with E-state index in [-0.39, 0.29) is 0 Å². The largest absolute Gasteiger partial charge is 0.384 e. The van der Waals surface area contributed by atoms with Crippen molar-refractivity contribution in [2.24, 2.45) is 0 Å². The third-order valence-corrected chi connectivity index (χ3v) is 6.00. The fourth-order valence-electron chi connectivity index (χ4n) is 3.94. The predicted octanol–water partition coefficient (Wildman–Crippen LogP) is 3.85. The summed E-state index contributed by atoms with van der Waals surface area (Å²) in [5.74, 6) is 1.14.